The van der Waals surface area contributed by atoms with Crippen molar-refractivity contribution in [2.24, 2.45) is 63.1 Å². The fourth-order valence-corrected chi connectivity index (χ4v) is 12.0. The standard InChI is InChI=1S/C75H130N24O24/c1-35(2)29-48(92-56(105)31-83-60(108)39(9)87-64(112)43(77)20-23-52(78)101)67(115)88-42(12)63(111)97-59(38(7)8)72(120)94-46(18-15-27-82-75(80)81)73(121)99-28-16-19-51(99)70(118)84-32-54(103)90-44(17-13-14-26-76)65(113)96-50(34-100)69(117)89-40(10)61(109)86-41(11)62(110)93-45(21-24-53(79)102)66(114)95-49(30-36(3)4)68(116)98-58(37(5)6)71(119)85-33-55(104)91-47(74(122)123)22-25-57(106)107/h35-51,58-59,100H,13-34,76-77H2,1-12H3,(H2,78,101)(H2,79,102)(H,83,108)(H,84,118)(H,85,119)(H,86,109)(H,87,112)(H,88,115)(H,89,117)(H,90,103)(H,91,104)(H,92,105)(H,93,110)(H,94,120)(H,95,114)(H,96,113)(H,97,111)(H,98,116)(H,106,107)(H,122,123)(H4,80,81,82)/t39-,40-,41-,42-,43-,44-,45-,46-,47-,48-,49-,50-,51-,58-,59-/m0/s1. The molecule has 0 aliphatic carbocycles. The molecule has 1 heterocycles. The van der Waals surface area contributed by atoms with Gasteiger partial charge in [0.2, 0.25) is 112 Å². The Kier molecular flexibility index (Phi) is 49.5. The second-order valence-corrected chi connectivity index (χ2v) is 31.4. The van der Waals surface area contributed by atoms with E-state index < -0.39 is 279 Å². The van der Waals surface area contributed by atoms with Gasteiger partial charge in [0.1, 0.15) is 84.6 Å². The van der Waals surface area contributed by atoms with Gasteiger partial charge in [-0.2, -0.15) is 0 Å². The Morgan fingerprint density at radius 2 is 0.789 bits per heavy atom. The summed E-state index contributed by atoms with van der Waals surface area (Å²) in [6.07, 6.45) is -1.33. The fourth-order valence-electron chi connectivity index (χ4n) is 12.0. The Hall–Kier alpha value is -12.0. The molecule has 19 amide bonds. The zero-order valence-electron chi connectivity index (χ0n) is 71.8. The monoisotopic (exact) mass is 1750 g/mol. The van der Waals surface area contributed by atoms with Gasteiger partial charge in [0.15, 0.2) is 5.96 Å². The summed E-state index contributed by atoms with van der Waals surface area (Å²) in [5.74, 6) is -21.8. The molecular formula is C75H130N24O24. The highest BCUT2D eigenvalue weighted by atomic mass is 16.4. The molecule has 1 aliphatic heterocycles. The van der Waals surface area contributed by atoms with Crippen molar-refractivity contribution in [1.29, 1.82) is 0 Å². The number of carboxylic acids is 2. The van der Waals surface area contributed by atoms with E-state index in [9.17, 15) is 111 Å². The average Bonchev–Trinajstić information content (AvgIpc) is 1.72. The van der Waals surface area contributed by atoms with Crippen molar-refractivity contribution in [3.8, 4) is 0 Å². The molecule has 123 heavy (non-hydrogen) atoms. The first-order valence-electron chi connectivity index (χ1n) is 40.6. The molecule has 0 spiro atoms. The molecule has 0 aromatic rings. The summed E-state index contributed by atoms with van der Waals surface area (Å²) in [7, 11) is 0. The number of aliphatic carboxylic acids is 2. The second kappa shape index (κ2) is 55.8. The number of aliphatic hydroxyl groups is 1. The quantitative estimate of drug-likeness (QED) is 0.0153. The van der Waals surface area contributed by atoms with Gasteiger partial charge >= 0.3 is 11.9 Å². The number of carbonyl (C=O) groups is 21. The number of hydrogen-bond acceptors (Lipinski definition) is 25. The number of rotatable bonds is 58. The topological polar surface area (TPSA) is 783 Å². The number of amides is 19. The number of likely N-dealkylation sites (tertiary alicyclic amines) is 1. The van der Waals surface area contributed by atoms with E-state index in [1.165, 1.54) is 32.6 Å². The molecule has 31 N–H and O–H groups in total. The number of aliphatic imine (C=N–C) groups is 1. The number of carbonyl (C=O) groups excluding carboxylic acids is 19. The second-order valence-electron chi connectivity index (χ2n) is 31.4. The van der Waals surface area contributed by atoms with Gasteiger partial charge in [-0.05, 0) is 135 Å². The number of guanidine groups is 1. The SMILES string of the molecule is CC(C)C[C@H](NC(=O)CNC(=O)[C@H](C)NC(=O)[C@@H](N)CCC(N)=O)C(=O)N[C@@H](C)C(=O)N[C@H](C(=O)N[C@@H](CCCN=C(N)N)C(=O)N1CCC[C@H]1C(=O)NCC(=O)N[C@@H](CCCCN)C(=O)N[C@@H](CO)C(=O)N[C@@H](C)C(=O)N[C@@H](C)C(=O)N[C@@H](CCC(N)=O)C(=O)N[C@@H](CC(C)C)C(=O)N[C@H](C(=O)NCC(=O)N[C@@H](CCC(=O)O)C(=O)O)C(C)C)C(C)C. The Morgan fingerprint density at radius 3 is 1.29 bits per heavy atom. The van der Waals surface area contributed by atoms with Crippen LogP contribution in [0.5, 0.6) is 0 Å². The summed E-state index contributed by atoms with van der Waals surface area (Å²) in [4.78, 5) is 282. The van der Waals surface area contributed by atoms with E-state index in [4.69, 9.17) is 39.5 Å². The van der Waals surface area contributed by atoms with Crippen LogP contribution in [0.25, 0.3) is 0 Å². The minimum atomic E-state index is -1.78. The molecule has 0 saturated carbocycles. The van der Waals surface area contributed by atoms with E-state index in [-0.39, 0.29) is 102 Å². The van der Waals surface area contributed by atoms with Gasteiger partial charge in [-0.15, -0.1) is 0 Å². The van der Waals surface area contributed by atoms with E-state index in [0.29, 0.717) is 6.42 Å². The molecule has 15 atom stereocenters. The van der Waals surface area contributed by atoms with Crippen molar-refractivity contribution < 1.29 is 116 Å². The Bertz CT molecular complexity index is 3710. The number of aliphatic hydroxyl groups excluding tert-OH is 1. The van der Waals surface area contributed by atoms with Crippen LogP contribution in [-0.4, -0.2) is 287 Å². The third kappa shape index (κ3) is 42.4. The number of nitrogens with zero attached hydrogens (tertiary/aromatic N) is 2. The molecule has 48 heteroatoms. The minimum Gasteiger partial charge on any atom is -0.481 e. The molecule has 0 aromatic heterocycles. The summed E-state index contributed by atoms with van der Waals surface area (Å²) in [6, 6.07) is -21.0. The highest BCUT2D eigenvalue weighted by Crippen LogP contribution is 2.21. The van der Waals surface area contributed by atoms with Crippen LogP contribution < -0.4 is 119 Å². The maximum atomic E-state index is 14.6. The molecule has 48 nitrogen and oxygen atoms in total. The van der Waals surface area contributed by atoms with E-state index in [0.717, 1.165) is 0 Å². The molecule has 1 saturated heterocycles. The Labute approximate surface area is 712 Å². The van der Waals surface area contributed by atoms with Gasteiger partial charge in [-0.3, -0.25) is 101 Å². The molecule has 0 unspecified atom stereocenters. The van der Waals surface area contributed by atoms with Gasteiger partial charge in [-0.25, -0.2) is 4.79 Å². The van der Waals surface area contributed by atoms with Crippen LogP contribution in [0.1, 0.15) is 179 Å². The molecule has 694 valence electrons. The van der Waals surface area contributed by atoms with E-state index in [2.05, 4.69) is 90.1 Å². The van der Waals surface area contributed by atoms with Crippen molar-refractivity contribution in [2.45, 2.75) is 270 Å². The lowest BCUT2D eigenvalue weighted by molar-refractivity contribution is -0.143. The lowest BCUT2D eigenvalue weighted by atomic mass is 9.99. The summed E-state index contributed by atoms with van der Waals surface area (Å²) in [6.45, 7) is 15.1. The highest BCUT2D eigenvalue weighted by Gasteiger charge is 2.41. The molecule has 1 aliphatic rings. The Morgan fingerprint density at radius 1 is 0.398 bits per heavy atom. The van der Waals surface area contributed by atoms with Crippen molar-refractivity contribution >= 4 is 130 Å². The third-order valence-electron chi connectivity index (χ3n) is 18.9. The predicted octanol–water partition coefficient (Wildman–Crippen LogP) is -9.91. The number of primary amides is 2. The van der Waals surface area contributed by atoms with Crippen LogP contribution in [0.3, 0.4) is 0 Å². The third-order valence-corrected chi connectivity index (χ3v) is 18.9. The van der Waals surface area contributed by atoms with Crippen molar-refractivity contribution in [2.75, 3.05) is 45.9 Å². The van der Waals surface area contributed by atoms with Gasteiger partial charge in [0, 0.05) is 32.4 Å². The van der Waals surface area contributed by atoms with Crippen molar-refractivity contribution in [1.82, 2.24) is 90.0 Å². The first kappa shape index (κ1) is 109. The number of hydrogen-bond donors (Lipinski definition) is 25. The summed E-state index contributed by atoms with van der Waals surface area (Å²) >= 11 is 0. The largest absolute Gasteiger partial charge is 0.481 e. The molecule has 1 rings (SSSR count). The number of nitrogens with one attached hydrogen (secondary N) is 16. The van der Waals surface area contributed by atoms with E-state index in [1.807, 2.05) is 0 Å². The van der Waals surface area contributed by atoms with Crippen LogP contribution in [0.15, 0.2) is 4.99 Å². The van der Waals surface area contributed by atoms with Crippen LogP contribution in [0.2, 0.25) is 0 Å². The van der Waals surface area contributed by atoms with E-state index in [1.54, 1.807) is 55.4 Å². The zero-order valence-corrected chi connectivity index (χ0v) is 71.8. The first-order valence-corrected chi connectivity index (χ1v) is 40.6. The number of unbranched alkanes of at least 4 members (excludes halogenated alkanes) is 1. The van der Waals surface area contributed by atoms with Crippen LogP contribution >= 0.6 is 0 Å². The first-order chi connectivity index (χ1) is 57.4. The lowest BCUT2D eigenvalue weighted by Gasteiger charge is -2.31. The van der Waals surface area contributed by atoms with E-state index >= 15 is 0 Å². The highest BCUT2D eigenvalue weighted by molar-refractivity contribution is 6.01. The minimum absolute atomic E-state index is 0.000598. The predicted molar refractivity (Wildman–Crippen MR) is 439 cm³/mol. The molecular weight excluding hydrogens is 1620 g/mol. The Balaban J connectivity index is 3.22. The average molecular weight is 1750 g/mol. The fraction of sp³-hybridized carbons (Fsp3) is 0.707. The van der Waals surface area contributed by atoms with Gasteiger partial charge in [0.25, 0.3) is 0 Å². The molecule has 0 bridgehead atoms. The maximum absolute atomic E-state index is 14.6. The molecule has 0 radical (unpaired) electrons. The van der Waals surface area contributed by atoms with Gasteiger partial charge in [-0.1, -0.05) is 55.4 Å². The smallest absolute Gasteiger partial charge is 0.326 e. The maximum Gasteiger partial charge on any atom is 0.326 e. The van der Waals surface area contributed by atoms with Crippen molar-refractivity contribution in [3.05, 3.63) is 0 Å². The number of carboxylic acid groups (broad SMARTS) is 2. The van der Waals surface area contributed by atoms with Crippen LogP contribution in [0.4, 0.5) is 0 Å². The van der Waals surface area contributed by atoms with Gasteiger partial charge < -0.3 is 140 Å². The van der Waals surface area contributed by atoms with Crippen molar-refractivity contribution in [3.63, 3.8) is 0 Å². The zero-order chi connectivity index (χ0) is 93.8. The normalized spacial score (nSPS) is 15.8. The summed E-state index contributed by atoms with van der Waals surface area (Å²) in [5.41, 5.74) is 33.1. The van der Waals surface area contributed by atoms with Gasteiger partial charge in [0.05, 0.1) is 32.3 Å². The summed E-state index contributed by atoms with van der Waals surface area (Å²) in [5, 5.41) is 67.5. The summed E-state index contributed by atoms with van der Waals surface area (Å²) < 4.78 is 0. The van der Waals surface area contributed by atoms with Crippen LogP contribution in [0, 0.1) is 23.7 Å². The lowest BCUT2D eigenvalue weighted by Crippen LogP contribution is -2.60. The molecule has 1 fully saturated rings. The number of nitrogens with two attached hydrogens (primary N) is 6. The van der Waals surface area contributed by atoms with Crippen LogP contribution in [-0.2, 0) is 101 Å². The molecule has 0 aromatic carbocycles.